The highest BCUT2D eigenvalue weighted by molar-refractivity contribution is 5.87. The topological polar surface area (TPSA) is 184 Å². The average molecular weight is 500 g/mol. The van der Waals surface area contributed by atoms with Gasteiger partial charge in [0.2, 0.25) is 0 Å². The number of hydrogen-bond donors (Lipinski definition) is 8. The molecule has 1 aliphatic carbocycles. The van der Waals surface area contributed by atoms with Crippen molar-refractivity contribution in [2.45, 2.75) is 55.6 Å². The number of hydrogen-bond acceptors (Lipinski definition) is 8. The molecule has 2 aromatic carbocycles. The first kappa shape index (κ1) is 25.6. The van der Waals surface area contributed by atoms with Crippen molar-refractivity contribution in [3.8, 4) is 0 Å². The highest BCUT2D eigenvalue weighted by atomic mass is 16.5. The molecule has 0 radical (unpaired) electrons. The number of amides is 2. The Kier molecular flexibility index (Phi) is 7.87. The van der Waals surface area contributed by atoms with E-state index in [2.05, 4.69) is 15.6 Å². The standard InChI is InChI=1S/C25H29N3O8/c29-19-18(20(30)22(32)23(33)21(19)31)28-25(35)27-17(24(34)36-12-13-6-2-1-3-7-13)10-14-11-26-16-9-5-4-8-15(14)16/h1-9,11,17-23,26,29-33H,10,12H2,(H2,27,28,35)/t17-,18?,19-,20+,21+,22-,23?/m0/s1. The minimum absolute atomic E-state index is 0.0102. The number of aromatic amines is 1. The van der Waals surface area contributed by atoms with E-state index in [4.69, 9.17) is 4.74 Å². The van der Waals surface area contributed by atoms with E-state index in [-0.39, 0.29) is 13.0 Å². The first-order chi connectivity index (χ1) is 17.3. The molecular weight excluding hydrogens is 470 g/mol. The summed E-state index contributed by atoms with van der Waals surface area (Å²) in [4.78, 5) is 28.9. The molecule has 192 valence electrons. The number of fused-ring (bicyclic) bond motifs is 1. The summed E-state index contributed by atoms with van der Waals surface area (Å²) in [5.41, 5.74) is 2.36. The summed E-state index contributed by atoms with van der Waals surface area (Å²) in [5, 5.41) is 55.6. The Bertz CT molecular complexity index is 1170. The van der Waals surface area contributed by atoms with E-state index in [1.165, 1.54) is 0 Å². The molecule has 1 fully saturated rings. The van der Waals surface area contributed by atoms with E-state index in [0.29, 0.717) is 0 Å². The predicted octanol–water partition coefficient (Wildman–Crippen LogP) is -0.692. The Balaban J connectivity index is 1.49. The van der Waals surface area contributed by atoms with Gasteiger partial charge in [-0.15, -0.1) is 0 Å². The average Bonchev–Trinajstić information content (AvgIpc) is 3.30. The predicted molar refractivity (Wildman–Crippen MR) is 128 cm³/mol. The number of ether oxygens (including phenoxy) is 1. The Morgan fingerprint density at radius 1 is 0.861 bits per heavy atom. The van der Waals surface area contributed by atoms with Gasteiger partial charge in [-0.1, -0.05) is 48.5 Å². The number of nitrogens with one attached hydrogen (secondary N) is 3. The zero-order valence-corrected chi connectivity index (χ0v) is 19.2. The number of para-hydroxylation sites is 1. The van der Waals surface area contributed by atoms with Crippen LogP contribution >= 0.6 is 0 Å². The molecule has 0 saturated heterocycles. The van der Waals surface area contributed by atoms with Crippen molar-refractivity contribution in [3.63, 3.8) is 0 Å². The zero-order chi connectivity index (χ0) is 25.8. The van der Waals surface area contributed by atoms with E-state index in [1.54, 1.807) is 30.5 Å². The van der Waals surface area contributed by atoms with Crippen LogP contribution in [0.1, 0.15) is 11.1 Å². The summed E-state index contributed by atoms with van der Waals surface area (Å²) < 4.78 is 5.43. The van der Waals surface area contributed by atoms with E-state index in [1.807, 2.05) is 30.3 Å². The maximum Gasteiger partial charge on any atom is 0.329 e. The molecule has 1 saturated carbocycles. The quantitative estimate of drug-likeness (QED) is 0.196. The van der Waals surface area contributed by atoms with Crippen molar-refractivity contribution in [2.24, 2.45) is 0 Å². The molecule has 0 bridgehead atoms. The highest BCUT2D eigenvalue weighted by Crippen LogP contribution is 2.22. The normalized spacial score (nSPS) is 26.8. The Labute approximate surface area is 206 Å². The molecule has 8 N–H and O–H groups in total. The van der Waals surface area contributed by atoms with Crippen LogP contribution < -0.4 is 10.6 Å². The van der Waals surface area contributed by atoms with Crippen molar-refractivity contribution >= 4 is 22.9 Å². The van der Waals surface area contributed by atoms with Crippen LogP contribution in [0.5, 0.6) is 0 Å². The fourth-order valence-corrected chi connectivity index (χ4v) is 4.30. The lowest BCUT2D eigenvalue weighted by Gasteiger charge is -2.42. The number of aliphatic hydroxyl groups is 5. The molecule has 0 spiro atoms. The number of aliphatic hydroxyl groups excluding tert-OH is 5. The summed E-state index contributed by atoms with van der Waals surface area (Å²) in [6, 6.07) is 12.9. The molecule has 3 aromatic rings. The van der Waals surface area contributed by atoms with Crippen molar-refractivity contribution < 1.29 is 39.9 Å². The number of carbonyl (C=O) groups excluding carboxylic acids is 2. The Morgan fingerprint density at radius 2 is 1.47 bits per heavy atom. The minimum Gasteiger partial charge on any atom is -0.459 e. The van der Waals surface area contributed by atoms with Crippen LogP contribution in [0.3, 0.4) is 0 Å². The third kappa shape index (κ3) is 5.50. The van der Waals surface area contributed by atoms with Crippen LogP contribution in [-0.2, 0) is 22.6 Å². The molecule has 4 rings (SSSR count). The summed E-state index contributed by atoms with van der Waals surface area (Å²) in [7, 11) is 0. The molecule has 0 aliphatic heterocycles. The lowest BCUT2D eigenvalue weighted by molar-refractivity contribution is -0.188. The van der Waals surface area contributed by atoms with Gasteiger partial charge in [-0.25, -0.2) is 9.59 Å². The molecule has 2 amide bonds. The van der Waals surface area contributed by atoms with Crippen molar-refractivity contribution in [1.82, 2.24) is 15.6 Å². The Morgan fingerprint density at radius 3 is 2.17 bits per heavy atom. The number of esters is 1. The molecule has 1 aliphatic rings. The van der Waals surface area contributed by atoms with Gasteiger partial charge in [0.05, 0.1) is 6.04 Å². The minimum atomic E-state index is -1.80. The molecule has 11 nitrogen and oxygen atoms in total. The number of rotatable bonds is 7. The van der Waals surface area contributed by atoms with E-state index in [0.717, 1.165) is 22.0 Å². The summed E-state index contributed by atoms with van der Waals surface area (Å²) in [6.45, 7) is -0.0102. The van der Waals surface area contributed by atoms with Crippen LogP contribution in [0.15, 0.2) is 60.8 Å². The fraction of sp³-hybridized carbons (Fsp3) is 0.360. The lowest BCUT2D eigenvalue weighted by Crippen LogP contribution is -2.69. The third-order valence-electron chi connectivity index (χ3n) is 6.35. The smallest absolute Gasteiger partial charge is 0.329 e. The van der Waals surface area contributed by atoms with Crippen LogP contribution in [0.2, 0.25) is 0 Å². The van der Waals surface area contributed by atoms with E-state index in [9.17, 15) is 35.1 Å². The molecule has 11 heteroatoms. The highest BCUT2D eigenvalue weighted by Gasteiger charge is 2.49. The number of carbonyl (C=O) groups is 2. The van der Waals surface area contributed by atoms with Gasteiger partial charge >= 0.3 is 12.0 Å². The first-order valence-corrected chi connectivity index (χ1v) is 11.5. The maximum absolute atomic E-state index is 13.0. The Hall–Kier alpha value is -3.48. The summed E-state index contributed by atoms with van der Waals surface area (Å²) in [6.07, 6.45) is -7.12. The van der Waals surface area contributed by atoms with Crippen LogP contribution in [0.4, 0.5) is 4.79 Å². The second-order valence-electron chi connectivity index (χ2n) is 8.81. The third-order valence-corrected chi connectivity index (χ3v) is 6.35. The van der Waals surface area contributed by atoms with Gasteiger partial charge in [-0.3, -0.25) is 0 Å². The number of urea groups is 1. The van der Waals surface area contributed by atoms with Gasteiger partial charge in [-0.2, -0.15) is 0 Å². The number of benzene rings is 2. The first-order valence-electron chi connectivity index (χ1n) is 11.5. The summed E-state index contributed by atoms with van der Waals surface area (Å²) >= 11 is 0. The van der Waals surface area contributed by atoms with Gasteiger partial charge in [0.25, 0.3) is 0 Å². The monoisotopic (exact) mass is 499 g/mol. The zero-order valence-electron chi connectivity index (χ0n) is 19.2. The lowest BCUT2D eigenvalue weighted by atomic mass is 9.83. The van der Waals surface area contributed by atoms with Gasteiger partial charge in [-0.05, 0) is 17.2 Å². The SMILES string of the molecule is O=C(NC1[C@@H](O)[C@H](O)C(O)[C@H](O)[C@H]1O)N[C@@H](Cc1c[nH]c2ccccc12)C(=O)OCc1ccccc1. The van der Waals surface area contributed by atoms with Crippen molar-refractivity contribution in [3.05, 3.63) is 71.9 Å². The van der Waals surface area contributed by atoms with Gasteiger partial charge in [0.1, 0.15) is 43.2 Å². The number of aromatic nitrogens is 1. The van der Waals surface area contributed by atoms with Gasteiger partial charge in [0.15, 0.2) is 0 Å². The molecular formula is C25H29N3O8. The molecule has 1 aromatic heterocycles. The van der Waals surface area contributed by atoms with Crippen LogP contribution in [-0.4, -0.2) is 85.1 Å². The second-order valence-corrected chi connectivity index (χ2v) is 8.81. The molecule has 1 heterocycles. The van der Waals surface area contributed by atoms with Crippen LogP contribution in [0.25, 0.3) is 10.9 Å². The second kappa shape index (κ2) is 11.1. The largest absolute Gasteiger partial charge is 0.459 e. The molecule has 2 unspecified atom stereocenters. The maximum atomic E-state index is 13.0. The van der Waals surface area contributed by atoms with Gasteiger partial charge < -0.3 is 45.9 Å². The van der Waals surface area contributed by atoms with E-state index >= 15 is 0 Å². The molecule has 7 atom stereocenters. The van der Waals surface area contributed by atoms with Gasteiger partial charge in [0, 0.05) is 23.5 Å². The summed E-state index contributed by atoms with van der Waals surface area (Å²) in [5.74, 6) is -0.709. The van der Waals surface area contributed by atoms with Crippen molar-refractivity contribution in [2.75, 3.05) is 0 Å². The van der Waals surface area contributed by atoms with E-state index < -0.39 is 54.6 Å². The number of H-pyrrole nitrogens is 1. The molecule has 36 heavy (non-hydrogen) atoms. The van der Waals surface area contributed by atoms with Crippen molar-refractivity contribution in [1.29, 1.82) is 0 Å². The van der Waals surface area contributed by atoms with Crippen LogP contribution in [0, 0.1) is 0 Å². The fourth-order valence-electron chi connectivity index (χ4n) is 4.30.